The molecule has 1 saturated heterocycles. The van der Waals surface area contributed by atoms with Gasteiger partial charge in [-0.05, 0) is 80.3 Å². The number of hydrogen-bond acceptors (Lipinski definition) is 6. The van der Waals surface area contributed by atoms with E-state index in [0.717, 1.165) is 85.3 Å². The summed E-state index contributed by atoms with van der Waals surface area (Å²) in [6.45, 7) is 1.95. The van der Waals surface area contributed by atoms with Gasteiger partial charge in [-0.15, -0.1) is 10.2 Å². The van der Waals surface area contributed by atoms with Crippen molar-refractivity contribution in [3.05, 3.63) is 75.1 Å². The molecule has 7 rings (SSSR count). The lowest BCUT2D eigenvalue weighted by atomic mass is 9.60. The zero-order chi connectivity index (χ0) is 26.7. The number of hydrogen-bond donors (Lipinski definition) is 1. The van der Waals surface area contributed by atoms with Crippen molar-refractivity contribution >= 4 is 51.8 Å². The number of carboxylic acids is 1. The minimum absolute atomic E-state index is 0.0402. The highest BCUT2D eigenvalue weighted by atomic mass is 35.5. The van der Waals surface area contributed by atoms with Crippen LogP contribution < -0.4 is 4.90 Å². The topological polar surface area (TPSA) is 92.3 Å². The Morgan fingerprint density at radius 3 is 2.49 bits per heavy atom. The Kier molecular flexibility index (Phi) is 5.90. The molecule has 0 unspecified atom stereocenters. The van der Waals surface area contributed by atoms with Gasteiger partial charge in [-0.25, -0.2) is 4.79 Å². The number of halogens is 2. The number of allylic oxidation sites excluding steroid dienone is 1. The van der Waals surface area contributed by atoms with Gasteiger partial charge in [0.15, 0.2) is 5.69 Å². The largest absolute Gasteiger partial charge is 0.476 e. The number of benzene rings is 2. The average Bonchev–Trinajstić information content (AvgIpc) is 3.68. The van der Waals surface area contributed by atoms with Gasteiger partial charge in [0, 0.05) is 41.2 Å². The van der Waals surface area contributed by atoms with E-state index in [0.29, 0.717) is 26.9 Å². The molecule has 1 spiro atoms. The third kappa shape index (κ3) is 4.47. The molecule has 4 aromatic rings. The number of nitrogens with zero attached hydrogens (tertiary/aromatic N) is 4. The van der Waals surface area contributed by atoms with E-state index in [2.05, 4.69) is 26.3 Å². The molecule has 1 N–H and O–H groups in total. The molecule has 0 atom stereocenters. The Morgan fingerprint density at radius 1 is 1.05 bits per heavy atom. The van der Waals surface area contributed by atoms with Gasteiger partial charge in [0.2, 0.25) is 0 Å². The van der Waals surface area contributed by atoms with E-state index in [1.807, 2.05) is 36.4 Å². The van der Waals surface area contributed by atoms with Crippen LogP contribution in [-0.2, 0) is 0 Å². The van der Waals surface area contributed by atoms with E-state index in [-0.39, 0.29) is 5.69 Å². The number of rotatable bonds is 5. The lowest BCUT2D eigenvalue weighted by molar-refractivity contribution is 0.0689. The highest BCUT2D eigenvalue weighted by Gasteiger charge is 2.43. The van der Waals surface area contributed by atoms with E-state index >= 15 is 0 Å². The Hall–Kier alpha value is -3.42. The maximum atomic E-state index is 11.2. The molecule has 2 aliphatic carbocycles. The van der Waals surface area contributed by atoms with Crippen molar-refractivity contribution in [3.8, 4) is 11.3 Å². The molecule has 2 aromatic heterocycles. The van der Waals surface area contributed by atoms with Crippen LogP contribution in [0.1, 0.15) is 66.3 Å². The summed E-state index contributed by atoms with van der Waals surface area (Å²) in [4.78, 5) is 13.6. The molecule has 2 saturated carbocycles. The maximum absolute atomic E-state index is 11.2. The molecule has 3 aliphatic rings. The zero-order valence-corrected chi connectivity index (χ0v) is 22.7. The maximum Gasteiger partial charge on any atom is 0.356 e. The minimum atomic E-state index is -1.07. The van der Waals surface area contributed by atoms with Crippen LogP contribution in [0, 0.1) is 5.41 Å². The summed E-state index contributed by atoms with van der Waals surface area (Å²) < 4.78 is 5.85. The third-order valence-electron chi connectivity index (χ3n) is 8.44. The van der Waals surface area contributed by atoms with Crippen LogP contribution in [0.5, 0.6) is 0 Å². The Morgan fingerprint density at radius 2 is 1.79 bits per heavy atom. The number of piperidine rings is 1. The standard InChI is InChI=1S/C30H26Cl2N4O3/c31-22-2-1-3-23(32)26(22)27-21(28(39-35-27)18-4-5-18)12-17-15-30(16-17)8-10-36(11-9-30)20-7-6-19-13-25(29(37)38)34-33-24(19)14-20/h1-3,6-7,12-14,18H,4-5,8-11,15-16H2,(H,37,38). The first-order chi connectivity index (χ1) is 18.9. The highest BCUT2D eigenvalue weighted by Crippen LogP contribution is 2.54. The second-order valence-corrected chi connectivity index (χ2v) is 11.9. The van der Waals surface area contributed by atoms with Gasteiger partial charge >= 0.3 is 5.97 Å². The quantitative estimate of drug-likeness (QED) is 0.268. The Bertz CT molecular complexity index is 1620. The number of anilines is 1. The predicted octanol–water partition coefficient (Wildman–Crippen LogP) is 7.63. The predicted molar refractivity (Wildman–Crippen MR) is 152 cm³/mol. The van der Waals surface area contributed by atoms with E-state index in [4.69, 9.17) is 32.8 Å². The minimum Gasteiger partial charge on any atom is -0.476 e. The fraction of sp³-hybridized carbons (Fsp3) is 0.333. The summed E-state index contributed by atoms with van der Waals surface area (Å²) in [6.07, 6.45) is 8.93. The molecule has 7 nitrogen and oxygen atoms in total. The van der Waals surface area contributed by atoms with Crippen molar-refractivity contribution in [2.24, 2.45) is 5.41 Å². The molecule has 0 bridgehead atoms. The SMILES string of the molecule is O=C(O)c1cc2ccc(N3CCC4(CC3)CC(=Cc3c(-c5c(Cl)cccc5Cl)noc3C3CC3)C4)cc2nn1. The molecule has 9 heteroatoms. The van der Waals surface area contributed by atoms with E-state index < -0.39 is 5.97 Å². The van der Waals surface area contributed by atoms with Gasteiger partial charge in [-0.2, -0.15) is 0 Å². The van der Waals surface area contributed by atoms with Gasteiger partial charge in [0.1, 0.15) is 11.5 Å². The number of aromatic nitrogens is 3. The van der Waals surface area contributed by atoms with Crippen LogP contribution in [0.3, 0.4) is 0 Å². The van der Waals surface area contributed by atoms with Crippen LogP contribution in [0.15, 0.2) is 52.6 Å². The molecule has 1 aliphatic heterocycles. The van der Waals surface area contributed by atoms with Crippen molar-refractivity contribution in [3.63, 3.8) is 0 Å². The number of aromatic carboxylic acids is 1. The second kappa shape index (κ2) is 9.35. The molecule has 3 heterocycles. The van der Waals surface area contributed by atoms with Gasteiger partial charge in [-0.1, -0.05) is 46.1 Å². The van der Waals surface area contributed by atoms with Crippen LogP contribution in [0.2, 0.25) is 10.0 Å². The summed E-state index contributed by atoms with van der Waals surface area (Å²) in [5, 5.41) is 23.5. The number of carbonyl (C=O) groups is 1. The van der Waals surface area contributed by atoms with Gasteiger partial charge in [0.05, 0.1) is 15.6 Å². The van der Waals surface area contributed by atoms with Gasteiger partial charge in [0.25, 0.3) is 0 Å². The van der Waals surface area contributed by atoms with Crippen molar-refractivity contribution in [2.75, 3.05) is 18.0 Å². The molecule has 0 amide bonds. The Labute approximate surface area is 235 Å². The molecule has 3 fully saturated rings. The highest BCUT2D eigenvalue weighted by molar-refractivity contribution is 6.39. The molecule has 0 radical (unpaired) electrons. The summed E-state index contributed by atoms with van der Waals surface area (Å²) in [5.74, 6) is 0.318. The van der Waals surface area contributed by atoms with Crippen LogP contribution in [0.25, 0.3) is 28.2 Å². The summed E-state index contributed by atoms with van der Waals surface area (Å²) in [5.41, 5.74) is 6.04. The van der Waals surface area contributed by atoms with Crippen LogP contribution in [-0.4, -0.2) is 39.5 Å². The van der Waals surface area contributed by atoms with Crippen LogP contribution in [0.4, 0.5) is 5.69 Å². The molecular formula is C30H26Cl2N4O3. The molecule has 198 valence electrons. The van der Waals surface area contributed by atoms with Crippen molar-refractivity contribution in [1.29, 1.82) is 0 Å². The van der Waals surface area contributed by atoms with Crippen molar-refractivity contribution in [1.82, 2.24) is 15.4 Å². The first-order valence-corrected chi connectivity index (χ1v) is 14.0. The van der Waals surface area contributed by atoms with Crippen molar-refractivity contribution in [2.45, 2.75) is 44.4 Å². The summed E-state index contributed by atoms with van der Waals surface area (Å²) in [7, 11) is 0. The normalized spacial score (nSPS) is 18.4. The monoisotopic (exact) mass is 560 g/mol. The lowest BCUT2D eigenvalue weighted by Gasteiger charge is -2.50. The van der Waals surface area contributed by atoms with E-state index in [1.165, 1.54) is 5.57 Å². The number of carboxylic acid groups (broad SMARTS) is 1. The fourth-order valence-corrected chi connectivity index (χ4v) is 6.71. The fourth-order valence-electron chi connectivity index (χ4n) is 6.13. The van der Waals surface area contributed by atoms with Gasteiger partial charge < -0.3 is 14.5 Å². The molecule has 39 heavy (non-hydrogen) atoms. The molecule has 2 aromatic carbocycles. The zero-order valence-electron chi connectivity index (χ0n) is 21.2. The average molecular weight is 561 g/mol. The van der Waals surface area contributed by atoms with E-state index in [9.17, 15) is 4.79 Å². The third-order valence-corrected chi connectivity index (χ3v) is 9.07. The Balaban J connectivity index is 1.07. The first kappa shape index (κ1) is 24.6. The summed E-state index contributed by atoms with van der Waals surface area (Å²) >= 11 is 13.1. The smallest absolute Gasteiger partial charge is 0.356 e. The first-order valence-electron chi connectivity index (χ1n) is 13.3. The van der Waals surface area contributed by atoms with Gasteiger partial charge in [-0.3, -0.25) is 0 Å². The lowest BCUT2D eigenvalue weighted by Crippen LogP contribution is -2.44. The van der Waals surface area contributed by atoms with Crippen LogP contribution >= 0.6 is 23.2 Å². The number of fused-ring (bicyclic) bond motifs is 1. The second-order valence-electron chi connectivity index (χ2n) is 11.1. The molecular weight excluding hydrogens is 535 g/mol. The van der Waals surface area contributed by atoms with Crippen molar-refractivity contribution < 1.29 is 14.4 Å². The van der Waals surface area contributed by atoms with E-state index in [1.54, 1.807) is 6.07 Å². The summed E-state index contributed by atoms with van der Waals surface area (Å²) in [6, 6.07) is 13.1.